The Balaban J connectivity index is 2.51. The molecule has 0 aromatic heterocycles. The Bertz CT molecular complexity index is 477. The fourth-order valence-electron chi connectivity index (χ4n) is 1.32. The molecule has 0 atom stereocenters. The van der Waals surface area contributed by atoms with Gasteiger partial charge in [0.05, 0.1) is 4.90 Å². The van der Waals surface area contributed by atoms with Gasteiger partial charge in [-0.3, -0.25) is 8.98 Å². The molecule has 0 amide bonds. The second-order valence-electron chi connectivity index (χ2n) is 4.50. The standard InChI is InChI=1S/C13H18O4S/c1-11(2)8-9-12(14)10-17-18(15,16)13-6-4-3-5-7-13/h3-7,11H,8-10H2,1-2H3. The summed E-state index contributed by atoms with van der Waals surface area (Å²) in [6.45, 7) is 3.63. The summed E-state index contributed by atoms with van der Waals surface area (Å²) >= 11 is 0. The van der Waals surface area contributed by atoms with E-state index in [1.807, 2.05) is 13.8 Å². The number of carbonyl (C=O) groups is 1. The molecule has 0 spiro atoms. The second kappa shape index (κ2) is 6.66. The molecule has 4 nitrogen and oxygen atoms in total. The van der Waals surface area contributed by atoms with Crippen LogP contribution in [-0.4, -0.2) is 20.8 Å². The minimum absolute atomic E-state index is 0.0710. The number of benzene rings is 1. The van der Waals surface area contributed by atoms with Crippen LogP contribution in [0.15, 0.2) is 35.2 Å². The van der Waals surface area contributed by atoms with Crippen LogP contribution in [0.3, 0.4) is 0 Å². The lowest BCUT2D eigenvalue weighted by molar-refractivity contribution is -0.121. The van der Waals surface area contributed by atoms with E-state index in [1.165, 1.54) is 12.1 Å². The average Bonchev–Trinajstić information content (AvgIpc) is 2.35. The van der Waals surface area contributed by atoms with Crippen molar-refractivity contribution >= 4 is 15.9 Å². The van der Waals surface area contributed by atoms with Crippen molar-refractivity contribution in [1.82, 2.24) is 0 Å². The normalized spacial score (nSPS) is 11.7. The minimum Gasteiger partial charge on any atom is -0.297 e. The van der Waals surface area contributed by atoms with Crippen LogP contribution in [0.4, 0.5) is 0 Å². The minimum atomic E-state index is -3.81. The Morgan fingerprint density at radius 1 is 1.22 bits per heavy atom. The number of hydrogen-bond donors (Lipinski definition) is 0. The summed E-state index contributed by atoms with van der Waals surface area (Å²) in [6, 6.07) is 7.81. The van der Waals surface area contributed by atoms with Crippen molar-refractivity contribution in [1.29, 1.82) is 0 Å². The maximum Gasteiger partial charge on any atom is 0.297 e. The largest absolute Gasteiger partial charge is 0.297 e. The van der Waals surface area contributed by atoms with Crippen molar-refractivity contribution < 1.29 is 17.4 Å². The van der Waals surface area contributed by atoms with Crippen LogP contribution in [0, 0.1) is 5.92 Å². The Kier molecular flexibility index (Phi) is 5.50. The molecule has 1 aromatic carbocycles. The fraction of sp³-hybridized carbons (Fsp3) is 0.462. The molecule has 0 heterocycles. The molecule has 0 aliphatic carbocycles. The van der Waals surface area contributed by atoms with Crippen LogP contribution in [0.5, 0.6) is 0 Å². The summed E-state index contributed by atoms with van der Waals surface area (Å²) in [6.07, 6.45) is 1.09. The zero-order valence-corrected chi connectivity index (χ0v) is 11.4. The second-order valence-corrected chi connectivity index (χ2v) is 6.12. The molecule has 0 radical (unpaired) electrons. The molecule has 0 fully saturated rings. The summed E-state index contributed by atoms with van der Waals surface area (Å²) in [5.41, 5.74) is 0. The van der Waals surface area contributed by atoms with Crippen molar-refractivity contribution in [3.05, 3.63) is 30.3 Å². The molecule has 100 valence electrons. The number of Topliss-reactive ketones (excluding diaryl/α,β-unsaturated/α-hetero) is 1. The first-order chi connectivity index (χ1) is 8.42. The van der Waals surface area contributed by atoms with E-state index in [0.717, 1.165) is 6.42 Å². The smallest absolute Gasteiger partial charge is 0.297 e. The monoisotopic (exact) mass is 270 g/mol. The van der Waals surface area contributed by atoms with E-state index in [-0.39, 0.29) is 17.3 Å². The maximum atomic E-state index is 11.7. The van der Waals surface area contributed by atoms with Crippen LogP contribution in [-0.2, 0) is 19.1 Å². The highest BCUT2D eigenvalue weighted by Gasteiger charge is 2.16. The molecular formula is C13H18O4S. The number of carbonyl (C=O) groups excluding carboxylic acids is 1. The van der Waals surface area contributed by atoms with E-state index < -0.39 is 10.1 Å². The van der Waals surface area contributed by atoms with Gasteiger partial charge >= 0.3 is 0 Å². The van der Waals surface area contributed by atoms with Gasteiger partial charge in [0.2, 0.25) is 0 Å². The summed E-state index contributed by atoms with van der Waals surface area (Å²) in [4.78, 5) is 11.5. The SMILES string of the molecule is CC(C)CCC(=O)COS(=O)(=O)c1ccccc1. The van der Waals surface area contributed by atoms with Gasteiger partial charge < -0.3 is 0 Å². The van der Waals surface area contributed by atoms with Crippen molar-refractivity contribution in [2.24, 2.45) is 5.92 Å². The van der Waals surface area contributed by atoms with Gasteiger partial charge in [0, 0.05) is 6.42 Å². The topological polar surface area (TPSA) is 60.4 Å². The van der Waals surface area contributed by atoms with Gasteiger partial charge in [-0.05, 0) is 24.5 Å². The number of rotatable bonds is 7. The molecule has 0 saturated heterocycles. The Morgan fingerprint density at radius 2 is 1.83 bits per heavy atom. The molecule has 0 aliphatic rings. The van der Waals surface area contributed by atoms with Crippen LogP contribution in [0.25, 0.3) is 0 Å². The Hall–Kier alpha value is -1.20. The molecule has 0 saturated carbocycles. The van der Waals surface area contributed by atoms with Gasteiger partial charge in [-0.1, -0.05) is 32.0 Å². The predicted molar refractivity (Wildman–Crippen MR) is 68.7 cm³/mol. The van der Waals surface area contributed by atoms with E-state index in [0.29, 0.717) is 12.3 Å². The van der Waals surface area contributed by atoms with Crippen molar-refractivity contribution in [2.75, 3.05) is 6.61 Å². The number of ketones is 1. The van der Waals surface area contributed by atoms with Gasteiger partial charge in [0.1, 0.15) is 6.61 Å². The van der Waals surface area contributed by atoms with Crippen molar-refractivity contribution in [3.8, 4) is 0 Å². The fourth-order valence-corrected chi connectivity index (χ4v) is 2.23. The third-order valence-corrected chi connectivity index (χ3v) is 3.69. The quantitative estimate of drug-likeness (QED) is 0.714. The van der Waals surface area contributed by atoms with Gasteiger partial charge in [-0.2, -0.15) is 8.42 Å². The van der Waals surface area contributed by atoms with E-state index in [2.05, 4.69) is 0 Å². The summed E-state index contributed by atoms with van der Waals surface area (Å²) in [5.74, 6) is 0.225. The van der Waals surface area contributed by atoms with E-state index >= 15 is 0 Å². The van der Waals surface area contributed by atoms with E-state index in [4.69, 9.17) is 4.18 Å². The van der Waals surface area contributed by atoms with Crippen LogP contribution in [0.2, 0.25) is 0 Å². The highest BCUT2D eigenvalue weighted by molar-refractivity contribution is 7.86. The van der Waals surface area contributed by atoms with Crippen molar-refractivity contribution in [3.63, 3.8) is 0 Å². The third-order valence-electron chi connectivity index (χ3n) is 2.41. The average molecular weight is 270 g/mol. The highest BCUT2D eigenvalue weighted by Crippen LogP contribution is 2.12. The molecule has 0 unspecified atom stereocenters. The molecule has 1 aromatic rings. The van der Waals surface area contributed by atoms with E-state index in [9.17, 15) is 13.2 Å². The Labute approximate surface area is 108 Å². The van der Waals surface area contributed by atoms with Gasteiger partial charge in [0.15, 0.2) is 5.78 Å². The zero-order valence-electron chi connectivity index (χ0n) is 10.6. The van der Waals surface area contributed by atoms with Crippen molar-refractivity contribution in [2.45, 2.75) is 31.6 Å². The summed E-state index contributed by atoms with van der Waals surface area (Å²) < 4.78 is 28.1. The third kappa shape index (κ3) is 4.98. The first kappa shape index (κ1) is 14.9. The maximum absolute atomic E-state index is 11.7. The number of hydrogen-bond acceptors (Lipinski definition) is 4. The molecule has 18 heavy (non-hydrogen) atoms. The molecular weight excluding hydrogens is 252 g/mol. The van der Waals surface area contributed by atoms with Crippen LogP contribution < -0.4 is 0 Å². The lowest BCUT2D eigenvalue weighted by Gasteiger charge is -2.06. The molecule has 0 aliphatic heterocycles. The van der Waals surface area contributed by atoms with Gasteiger partial charge in [-0.25, -0.2) is 0 Å². The van der Waals surface area contributed by atoms with Crippen LogP contribution >= 0.6 is 0 Å². The van der Waals surface area contributed by atoms with Gasteiger partial charge in [-0.15, -0.1) is 0 Å². The summed E-state index contributed by atoms with van der Waals surface area (Å²) in [5, 5.41) is 0. The Morgan fingerprint density at radius 3 is 2.39 bits per heavy atom. The van der Waals surface area contributed by atoms with E-state index in [1.54, 1.807) is 18.2 Å². The lowest BCUT2D eigenvalue weighted by Crippen LogP contribution is -2.14. The first-order valence-corrected chi connectivity index (χ1v) is 7.29. The molecule has 0 N–H and O–H groups in total. The molecule has 1 rings (SSSR count). The molecule has 0 bridgehead atoms. The highest BCUT2D eigenvalue weighted by atomic mass is 32.2. The van der Waals surface area contributed by atoms with Crippen LogP contribution in [0.1, 0.15) is 26.7 Å². The predicted octanol–water partition coefficient (Wildman–Crippen LogP) is 2.40. The zero-order chi connectivity index (χ0) is 13.6. The molecule has 5 heteroatoms. The first-order valence-electron chi connectivity index (χ1n) is 5.88. The lowest BCUT2D eigenvalue weighted by atomic mass is 10.1. The van der Waals surface area contributed by atoms with Gasteiger partial charge in [0.25, 0.3) is 10.1 Å². The summed E-state index contributed by atoms with van der Waals surface area (Å²) in [7, 11) is -3.81.